The molecule has 1 aromatic carbocycles. The Morgan fingerprint density at radius 3 is 2.87 bits per heavy atom. The van der Waals surface area contributed by atoms with Gasteiger partial charge >= 0.3 is 0 Å². The quantitative estimate of drug-likeness (QED) is 0.919. The van der Waals surface area contributed by atoms with Crippen LogP contribution in [0.3, 0.4) is 0 Å². The van der Waals surface area contributed by atoms with Gasteiger partial charge in [0, 0.05) is 18.9 Å². The molecule has 1 N–H and O–H groups in total. The summed E-state index contributed by atoms with van der Waals surface area (Å²) in [5.74, 6) is 2.32. The van der Waals surface area contributed by atoms with Gasteiger partial charge in [-0.05, 0) is 18.1 Å². The third kappa shape index (κ3) is 3.64. The number of fused-ring (bicyclic) bond motifs is 1. The van der Waals surface area contributed by atoms with Crippen molar-refractivity contribution in [1.82, 2.24) is 14.9 Å². The summed E-state index contributed by atoms with van der Waals surface area (Å²) in [5, 5.41) is 0. The van der Waals surface area contributed by atoms with Gasteiger partial charge in [0.05, 0.1) is 6.54 Å². The summed E-state index contributed by atoms with van der Waals surface area (Å²) < 4.78 is 11.5. The van der Waals surface area contributed by atoms with E-state index in [1.165, 1.54) is 0 Å². The van der Waals surface area contributed by atoms with Gasteiger partial charge in [0.15, 0.2) is 11.5 Å². The maximum absolute atomic E-state index is 12.8. The number of benzene rings is 1. The first-order valence-electron chi connectivity index (χ1n) is 7.79. The van der Waals surface area contributed by atoms with E-state index in [9.17, 15) is 4.79 Å². The van der Waals surface area contributed by atoms with Crippen molar-refractivity contribution < 1.29 is 14.3 Å². The van der Waals surface area contributed by atoms with Crippen LogP contribution in [-0.2, 0) is 11.3 Å². The number of rotatable bonds is 5. The lowest BCUT2D eigenvalue weighted by molar-refractivity contribution is -0.142. The summed E-state index contributed by atoms with van der Waals surface area (Å²) in [4.78, 5) is 21.9. The number of aromatic nitrogens is 2. The number of carbonyl (C=O) groups is 1. The second kappa shape index (κ2) is 6.73. The first kappa shape index (κ1) is 15.4. The summed E-state index contributed by atoms with van der Waals surface area (Å²) >= 11 is 0. The zero-order valence-corrected chi connectivity index (χ0v) is 13.4. The Bertz CT molecular complexity index is 655. The minimum absolute atomic E-state index is 0.0791. The lowest BCUT2D eigenvalue weighted by Crippen LogP contribution is -2.47. The maximum atomic E-state index is 12.8. The molecule has 122 valence electrons. The molecular weight excluding hydrogens is 294 g/mol. The first-order valence-corrected chi connectivity index (χ1v) is 7.79. The van der Waals surface area contributed by atoms with Crippen LogP contribution in [0.2, 0.25) is 0 Å². The van der Waals surface area contributed by atoms with Gasteiger partial charge in [0.1, 0.15) is 12.4 Å². The second-order valence-corrected chi connectivity index (χ2v) is 6.01. The van der Waals surface area contributed by atoms with E-state index in [1.807, 2.05) is 24.3 Å². The lowest BCUT2D eigenvalue weighted by Gasteiger charge is -2.31. The molecule has 0 aliphatic carbocycles. The number of hydrogen-bond acceptors (Lipinski definition) is 4. The van der Waals surface area contributed by atoms with Crippen molar-refractivity contribution in [1.29, 1.82) is 0 Å². The molecule has 1 amide bonds. The molecule has 6 heteroatoms. The highest BCUT2D eigenvalue weighted by Gasteiger charge is 2.31. The number of aromatic amines is 1. The number of imidazole rings is 1. The predicted molar refractivity (Wildman–Crippen MR) is 85.2 cm³/mol. The Labute approximate surface area is 135 Å². The minimum atomic E-state index is -0.626. The third-order valence-corrected chi connectivity index (χ3v) is 3.58. The van der Waals surface area contributed by atoms with E-state index in [2.05, 4.69) is 23.8 Å². The van der Waals surface area contributed by atoms with Gasteiger partial charge in [-0.15, -0.1) is 0 Å². The molecule has 1 aliphatic rings. The van der Waals surface area contributed by atoms with Crippen molar-refractivity contribution in [3.63, 3.8) is 0 Å². The molecule has 2 heterocycles. The van der Waals surface area contributed by atoms with Crippen LogP contribution in [0.4, 0.5) is 0 Å². The fourth-order valence-corrected chi connectivity index (χ4v) is 2.58. The molecule has 0 spiro atoms. The van der Waals surface area contributed by atoms with Crippen LogP contribution in [0.25, 0.3) is 0 Å². The Hall–Kier alpha value is -2.50. The molecular formula is C17H21N3O3. The minimum Gasteiger partial charge on any atom is -0.485 e. The molecule has 1 unspecified atom stereocenters. The third-order valence-electron chi connectivity index (χ3n) is 3.58. The van der Waals surface area contributed by atoms with E-state index < -0.39 is 6.10 Å². The summed E-state index contributed by atoms with van der Waals surface area (Å²) in [5.41, 5.74) is 0. The molecule has 2 aromatic rings. The van der Waals surface area contributed by atoms with Gasteiger partial charge in [-0.1, -0.05) is 26.0 Å². The molecule has 23 heavy (non-hydrogen) atoms. The highest BCUT2D eigenvalue weighted by Crippen LogP contribution is 2.31. The van der Waals surface area contributed by atoms with E-state index >= 15 is 0 Å². The van der Waals surface area contributed by atoms with E-state index in [0.29, 0.717) is 30.5 Å². The molecule has 6 nitrogen and oxygen atoms in total. The first-order chi connectivity index (χ1) is 11.1. The summed E-state index contributed by atoms with van der Waals surface area (Å²) in [7, 11) is 0. The van der Waals surface area contributed by atoms with Crippen LogP contribution in [0, 0.1) is 5.92 Å². The molecule has 1 aliphatic heterocycles. The number of ether oxygens (including phenoxy) is 2. The largest absolute Gasteiger partial charge is 0.485 e. The van der Waals surface area contributed by atoms with E-state index in [-0.39, 0.29) is 12.5 Å². The molecule has 0 saturated heterocycles. The number of H-pyrrole nitrogens is 1. The molecule has 0 saturated carbocycles. The number of nitrogens with zero attached hydrogens (tertiary/aromatic N) is 2. The molecule has 0 fully saturated rings. The highest BCUT2D eigenvalue weighted by atomic mass is 16.6. The molecule has 0 bridgehead atoms. The molecule has 1 atom stereocenters. The van der Waals surface area contributed by atoms with Crippen LogP contribution in [0.15, 0.2) is 36.7 Å². The zero-order valence-electron chi connectivity index (χ0n) is 13.4. The predicted octanol–water partition coefficient (Wildman–Crippen LogP) is 2.23. The highest BCUT2D eigenvalue weighted by molar-refractivity contribution is 5.82. The van der Waals surface area contributed by atoms with Gasteiger partial charge < -0.3 is 19.4 Å². The number of hydrogen-bond donors (Lipinski definition) is 1. The molecule has 0 radical (unpaired) electrons. The van der Waals surface area contributed by atoms with Crippen LogP contribution < -0.4 is 9.47 Å². The van der Waals surface area contributed by atoms with Crippen LogP contribution in [0.1, 0.15) is 19.7 Å². The van der Waals surface area contributed by atoms with E-state index in [4.69, 9.17) is 9.47 Å². The van der Waals surface area contributed by atoms with Gasteiger partial charge in [-0.25, -0.2) is 4.98 Å². The number of nitrogens with one attached hydrogen (secondary N) is 1. The van der Waals surface area contributed by atoms with Crippen LogP contribution in [0.5, 0.6) is 11.5 Å². The van der Waals surface area contributed by atoms with Crippen molar-refractivity contribution in [3.05, 3.63) is 42.5 Å². The SMILES string of the molecule is CC(C)CN(Cc1ncc[nH]1)C(=O)C1COc2ccccc2O1. The fraction of sp³-hybridized carbons (Fsp3) is 0.412. The monoisotopic (exact) mass is 315 g/mol. The Balaban J connectivity index is 1.73. The van der Waals surface area contributed by atoms with Gasteiger partial charge in [-0.3, -0.25) is 4.79 Å². The van der Waals surface area contributed by atoms with Crippen molar-refractivity contribution in [2.24, 2.45) is 5.92 Å². The van der Waals surface area contributed by atoms with Crippen LogP contribution in [-0.4, -0.2) is 40.0 Å². The Kier molecular flexibility index (Phi) is 4.50. The van der Waals surface area contributed by atoms with Gasteiger partial charge in [-0.2, -0.15) is 0 Å². The Morgan fingerprint density at radius 1 is 1.39 bits per heavy atom. The second-order valence-electron chi connectivity index (χ2n) is 6.01. The van der Waals surface area contributed by atoms with E-state index in [0.717, 1.165) is 5.82 Å². The number of carbonyl (C=O) groups excluding carboxylic acids is 1. The standard InChI is InChI=1S/C17H21N3O3/c1-12(2)9-20(10-16-18-7-8-19-16)17(21)15-11-22-13-5-3-4-6-14(13)23-15/h3-8,12,15H,9-11H2,1-2H3,(H,18,19). The Morgan fingerprint density at radius 2 is 2.17 bits per heavy atom. The van der Waals surface area contributed by atoms with Crippen molar-refractivity contribution in [2.45, 2.75) is 26.5 Å². The summed E-state index contributed by atoms with van der Waals surface area (Å²) in [6.07, 6.45) is 2.81. The zero-order chi connectivity index (χ0) is 16.2. The summed E-state index contributed by atoms with van der Waals surface area (Å²) in [6.45, 7) is 5.46. The van der Waals surface area contributed by atoms with Crippen molar-refractivity contribution >= 4 is 5.91 Å². The smallest absolute Gasteiger partial charge is 0.267 e. The summed E-state index contributed by atoms with van der Waals surface area (Å²) in [6, 6.07) is 7.40. The normalized spacial score (nSPS) is 16.4. The topological polar surface area (TPSA) is 67.5 Å². The molecule has 3 rings (SSSR count). The average Bonchev–Trinajstić information content (AvgIpc) is 3.06. The fourth-order valence-electron chi connectivity index (χ4n) is 2.58. The van der Waals surface area contributed by atoms with Crippen molar-refractivity contribution in [3.8, 4) is 11.5 Å². The average molecular weight is 315 g/mol. The van der Waals surface area contributed by atoms with Crippen LogP contribution >= 0.6 is 0 Å². The van der Waals surface area contributed by atoms with Gasteiger partial charge in [0.2, 0.25) is 6.10 Å². The number of para-hydroxylation sites is 2. The van der Waals surface area contributed by atoms with Gasteiger partial charge in [0.25, 0.3) is 5.91 Å². The lowest BCUT2D eigenvalue weighted by atomic mass is 10.2. The maximum Gasteiger partial charge on any atom is 0.267 e. The van der Waals surface area contributed by atoms with Crippen molar-refractivity contribution in [2.75, 3.05) is 13.2 Å². The molecule has 1 aromatic heterocycles. The van der Waals surface area contributed by atoms with E-state index in [1.54, 1.807) is 17.3 Å². The number of amides is 1.